The highest BCUT2D eigenvalue weighted by Gasteiger charge is 2.36. The van der Waals surface area contributed by atoms with Crippen LogP contribution < -0.4 is 16.6 Å². The van der Waals surface area contributed by atoms with Crippen LogP contribution in [0.25, 0.3) is 0 Å². The first-order chi connectivity index (χ1) is 8.95. The Hall–Kier alpha value is -1.89. The lowest BCUT2D eigenvalue weighted by atomic mass is 9.86. The number of rotatable bonds is 4. The van der Waals surface area contributed by atoms with Crippen LogP contribution in [0.3, 0.4) is 0 Å². The summed E-state index contributed by atoms with van der Waals surface area (Å²) in [6.45, 7) is 6.34. The molecule has 1 aromatic heterocycles. The summed E-state index contributed by atoms with van der Waals surface area (Å²) in [6.07, 6.45) is 1.28. The molecule has 0 saturated heterocycles. The molecule has 7 heteroatoms. The molecule has 0 spiro atoms. The molecule has 0 fully saturated rings. The molecule has 0 atom stereocenters. The molecule has 1 amide bonds. The zero-order valence-corrected chi connectivity index (χ0v) is 12.4. The topological polar surface area (TPSA) is 93.3 Å². The summed E-state index contributed by atoms with van der Waals surface area (Å²) in [5, 5.41) is 12.6. The number of aliphatic hydroxyl groups is 1. The number of hydrogen-bond donors (Lipinski definition) is 2. The number of carbonyl (C=O) groups excluding carboxylic acids is 1. The van der Waals surface area contributed by atoms with Gasteiger partial charge >= 0.3 is 5.69 Å². The quantitative estimate of drug-likeness (QED) is 0.757. The molecule has 0 saturated carbocycles. The maximum atomic E-state index is 12.0. The Morgan fingerprint density at radius 2 is 1.85 bits per heavy atom. The monoisotopic (exact) mass is 283 g/mol. The minimum absolute atomic E-state index is 0.216. The zero-order chi connectivity index (χ0) is 15.7. The van der Waals surface area contributed by atoms with Crippen molar-refractivity contribution in [3.63, 3.8) is 0 Å². The van der Waals surface area contributed by atoms with Crippen LogP contribution in [0, 0.1) is 0 Å². The number of aromatic nitrogens is 2. The second-order valence-electron chi connectivity index (χ2n) is 5.86. The Balaban J connectivity index is 2.91. The molecule has 1 rings (SSSR count). The number of nitrogens with one attached hydrogen (secondary N) is 1. The average Bonchev–Trinajstić information content (AvgIpc) is 2.28. The molecule has 0 aromatic carbocycles. The molecular weight excluding hydrogens is 262 g/mol. The highest BCUT2D eigenvalue weighted by atomic mass is 16.3. The Morgan fingerprint density at radius 1 is 1.30 bits per heavy atom. The average molecular weight is 283 g/mol. The van der Waals surface area contributed by atoms with Crippen molar-refractivity contribution in [1.29, 1.82) is 0 Å². The fraction of sp³-hybridized carbons (Fsp3) is 0.615. The predicted octanol–water partition coefficient (Wildman–Crippen LogP) is -0.787. The fourth-order valence-electron chi connectivity index (χ4n) is 1.43. The van der Waals surface area contributed by atoms with E-state index in [-0.39, 0.29) is 6.54 Å². The van der Waals surface area contributed by atoms with Crippen LogP contribution in [0.2, 0.25) is 0 Å². The second kappa shape index (κ2) is 5.24. The third-order valence-electron chi connectivity index (χ3n) is 3.56. The number of carbonyl (C=O) groups is 1. The van der Waals surface area contributed by atoms with Crippen LogP contribution in [0.4, 0.5) is 0 Å². The third-order valence-corrected chi connectivity index (χ3v) is 3.56. The number of nitrogens with zero attached hydrogens (tertiary/aromatic N) is 2. The maximum Gasteiger partial charge on any atom is 0.331 e. The van der Waals surface area contributed by atoms with Crippen LogP contribution in [-0.2, 0) is 18.4 Å². The van der Waals surface area contributed by atoms with E-state index in [1.807, 2.05) is 0 Å². The molecule has 1 aromatic rings. The van der Waals surface area contributed by atoms with Crippen LogP contribution >= 0.6 is 0 Å². The summed E-state index contributed by atoms with van der Waals surface area (Å²) in [4.78, 5) is 35.0. The first-order valence-electron chi connectivity index (χ1n) is 6.25. The van der Waals surface area contributed by atoms with Gasteiger partial charge in [-0.05, 0) is 27.7 Å². The molecule has 20 heavy (non-hydrogen) atoms. The largest absolute Gasteiger partial charge is 0.388 e. The van der Waals surface area contributed by atoms with Crippen LogP contribution in [-0.4, -0.2) is 31.3 Å². The molecule has 0 aliphatic carbocycles. The first kappa shape index (κ1) is 16.2. The Bertz CT molecular complexity index is 620. The highest BCUT2D eigenvalue weighted by Crippen LogP contribution is 2.20. The van der Waals surface area contributed by atoms with E-state index in [4.69, 9.17) is 0 Å². The first-order valence-corrected chi connectivity index (χ1v) is 6.25. The lowest BCUT2D eigenvalue weighted by Crippen LogP contribution is -2.58. The zero-order valence-electron chi connectivity index (χ0n) is 12.4. The van der Waals surface area contributed by atoms with E-state index in [1.54, 1.807) is 27.7 Å². The van der Waals surface area contributed by atoms with Crippen LogP contribution in [0.1, 0.15) is 27.7 Å². The van der Waals surface area contributed by atoms with E-state index < -0.39 is 28.3 Å². The summed E-state index contributed by atoms with van der Waals surface area (Å²) in [5.41, 5.74) is -2.96. The molecule has 0 aliphatic heterocycles. The maximum absolute atomic E-state index is 12.0. The van der Waals surface area contributed by atoms with Crippen LogP contribution in [0.15, 0.2) is 21.9 Å². The van der Waals surface area contributed by atoms with Gasteiger partial charge in [-0.25, -0.2) is 4.79 Å². The fourth-order valence-corrected chi connectivity index (χ4v) is 1.43. The van der Waals surface area contributed by atoms with Gasteiger partial charge in [-0.2, -0.15) is 0 Å². The Kier molecular flexibility index (Phi) is 4.24. The SMILES string of the molecule is Cn1c(=O)ccn(CC(=O)NC(C)(C)C(C)(C)O)c1=O. The van der Waals surface area contributed by atoms with Crippen molar-refractivity contribution in [3.05, 3.63) is 33.1 Å². The van der Waals surface area contributed by atoms with Gasteiger partial charge in [0.05, 0.1) is 11.1 Å². The van der Waals surface area contributed by atoms with Gasteiger partial charge in [-0.15, -0.1) is 0 Å². The third kappa shape index (κ3) is 3.36. The van der Waals surface area contributed by atoms with E-state index in [0.717, 1.165) is 9.13 Å². The Labute approximate surface area is 116 Å². The molecule has 112 valence electrons. The molecule has 0 bridgehead atoms. The van der Waals surface area contributed by atoms with E-state index in [9.17, 15) is 19.5 Å². The summed E-state index contributed by atoms with van der Waals surface area (Å²) in [7, 11) is 1.35. The van der Waals surface area contributed by atoms with Crippen molar-refractivity contribution in [1.82, 2.24) is 14.5 Å². The van der Waals surface area contributed by atoms with E-state index in [1.165, 1.54) is 19.3 Å². The molecule has 0 unspecified atom stereocenters. The molecule has 0 radical (unpaired) electrons. The molecule has 7 nitrogen and oxygen atoms in total. The van der Waals surface area contributed by atoms with E-state index in [0.29, 0.717) is 0 Å². The van der Waals surface area contributed by atoms with Crippen molar-refractivity contribution in [3.8, 4) is 0 Å². The number of hydrogen-bond acceptors (Lipinski definition) is 4. The standard InChI is InChI=1S/C13H21N3O4/c1-12(2,13(3,4)20)14-9(17)8-16-7-6-10(18)15(5)11(16)19/h6-7,20H,8H2,1-5H3,(H,14,17). The van der Waals surface area contributed by atoms with Crippen molar-refractivity contribution in [2.75, 3.05) is 0 Å². The van der Waals surface area contributed by atoms with Gasteiger partial charge in [0.2, 0.25) is 5.91 Å². The molecular formula is C13H21N3O4. The summed E-state index contributed by atoms with van der Waals surface area (Å²) in [5.74, 6) is -0.419. The van der Waals surface area contributed by atoms with Gasteiger partial charge in [0, 0.05) is 19.3 Å². The van der Waals surface area contributed by atoms with Crippen molar-refractivity contribution < 1.29 is 9.90 Å². The van der Waals surface area contributed by atoms with E-state index in [2.05, 4.69) is 5.32 Å². The van der Waals surface area contributed by atoms with Gasteiger partial charge in [0.1, 0.15) is 6.54 Å². The molecule has 1 heterocycles. The highest BCUT2D eigenvalue weighted by molar-refractivity contribution is 5.76. The van der Waals surface area contributed by atoms with Gasteiger partial charge in [-0.1, -0.05) is 0 Å². The van der Waals surface area contributed by atoms with Gasteiger partial charge in [0.25, 0.3) is 5.56 Å². The van der Waals surface area contributed by atoms with Crippen molar-refractivity contribution in [2.45, 2.75) is 45.4 Å². The van der Waals surface area contributed by atoms with Gasteiger partial charge in [-0.3, -0.25) is 18.7 Å². The summed E-state index contributed by atoms with van der Waals surface area (Å²) < 4.78 is 2.06. The predicted molar refractivity (Wildman–Crippen MR) is 74.5 cm³/mol. The summed E-state index contributed by atoms with van der Waals surface area (Å²) >= 11 is 0. The minimum Gasteiger partial charge on any atom is -0.388 e. The van der Waals surface area contributed by atoms with Gasteiger partial charge in [0.15, 0.2) is 0 Å². The second-order valence-corrected chi connectivity index (χ2v) is 5.86. The lowest BCUT2D eigenvalue weighted by Gasteiger charge is -2.38. The molecule has 0 aliphatic rings. The normalized spacial score (nSPS) is 12.3. The Morgan fingerprint density at radius 3 is 2.35 bits per heavy atom. The van der Waals surface area contributed by atoms with E-state index >= 15 is 0 Å². The van der Waals surface area contributed by atoms with Crippen LogP contribution in [0.5, 0.6) is 0 Å². The molecule has 2 N–H and O–H groups in total. The lowest BCUT2D eigenvalue weighted by molar-refractivity contribution is -0.126. The minimum atomic E-state index is -1.11. The van der Waals surface area contributed by atoms with Crippen molar-refractivity contribution in [2.24, 2.45) is 7.05 Å². The smallest absolute Gasteiger partial charge is 0.331 e. The van der Waals surface area contributed by atoms with Gasteiger partial charge < -0.3 is 10.4 Å². The number of amides is 1. The van der Waals surface area contributed by atoms with Crippen molar-refractivity contribution >= 4 is 5.91 Å². The summed E-state index contributed by atoms with van der Waals surface area (Å²) in [6, 6.07) is 1.22.